The minimum Gasteiger partial charge on any atom is -0.392 e. The fourth-order valence-corrected chi connectivity index (χ4v) is 10.2. The van der Waals surface area contributed by atoms with E-state index in [1.165, 1.54) is 0 Å². The molecule has 2 aromatic carbocycles. The molecule has 14 heteroatoms. The van der Waals surface area contributed by atoms with Gasteiger partial charge in [-0.3, -0.25) is 19.2 Å². The summed E-state index contributed by atoms with van der Waals surface area (Å²) in [5.74, 6) is -2.43. The molecule has 4 bridgehead atoms. The summed E-state index contributed by atoms with van der Waals surface area (Å²) in [6.07, 6.45) is 0.106. The van der Waals surface area contributed by atoms with Crippen molar-refractivity contribution in [3.05, 3.63) is 71.8 Å². The summed E-state index contributed by atoms with van der Waals surface area (Å²) < 4.78 is 0. The van der Waals surface area contributed by atoms with Crippen molar-refractivity contribution in [2.24, 2.45) is 0 Å². The highest BCUT2D eigenvalue weighted by molar-refractivity contribution is 8.78. The molecule has 6 aliphatic heterocycles. The number of aliphatic hydroxyl groups excluding tert-OH is 2. The van der Waals surface area contributed by atoms with Crippen molar-refractivity contribution in [3.63, 3.8) is 0 Å². The number of benzene rings is 2. The van der Waals surface area contributed by atoms with Crippen LogP contribution in [-0.2, 0) is 32.0 Å². The average Bonchev–Trinajstić information content (AvgIpc) is 2.92. The van der Waals surface area contributed by atoms with E-state index in [1.54, 1.807) is 48.5 Å². The third kappa shape index (κ3) is 4.67. The summed E-state index contributed by atoms with van der Waals surface area (Å²) in [5, 5.41) is 31.7. The molecule has 6 aliphatic rings. The molecule has 0 saturated carbocycles. The van der Waals surface area contributed by atoms with Gasteiger partial charge in [0.15, 0.2) is 19.5 Å². The van der Waals surface area contributed by atoms with Crippen LogP contribution < -0.4 is 21.3 Å². The predicted molar refractivity (Wildman–Crippen MR) is 148 cm³/mol. The average molecular weight is 593 g/mol. The van der Waals surface area contributed by atoms with Gasteiger partial charge in [0.2, 0.25) is 0 Å². The van der Waals surface area contributed by atoms with Crippen LogP contribution >= 0.6 is 43.2 Å². The van der Waals surface area contributed by atoms with Gasteiger partial charge in [0.1, 0.15) is 0 Å². The maximum Gasteiger partial charge on any atom is 0.261 e. The number of carbonyl (C=O) groups is 4. The Morgan fingerprint density at radius 2 is 0.789 bits per heavy atom. The molecule has 6 N–H and O–H groups in total. The van der Waals surface area contributed by atoms with E-state index in [0.29, 0.717) is 0 Å². The fraction of sp³-hybridized carbons (Fsp3) is 0.333. The SMILES string of the molecule is O=C1N[C@@]2(Cc3ccccc3)SS[C@]3(CO)NC(=O)[C@@](Cc4ccccc4)(NC3=O)SS[C@]1(CO)NC2=O. The largest absolute Gasteiger partial charge is 0.392 e. The Balaban J connectivity index is 1.58. The number of rotatable bonds is 6. The van der Waals surface area contributed by atoms with Crippen LogP contribution in [0.3, 0.4) is 0 Å². The van der Waals surface area contributed by atoms with Gasteiger partial charge in [0.05, 0.1) is 13.2 Å². The number of amides is 4. The third-order valence-corrected chi connectivity index (χ3v) is 13.3. The van der Waals surface area contributed by atoms with Gasteiger partial charge in [-0.05, 0) is 11.1 Å². The van der Waals surface area contributed by atoms with Crippen molar-refractivity contribution in [2.75, 3.05) is 13.2 Å². The topological polar surface area (TPSA) is 157 Å². The van der Waals surface area contributed by atoms with Crippen molar-refractivity contribution < 1.29 is 29.4 Å². The first-order valence-corrected chi connectivity index (χ1v) is 15.8. The first-order chi connectivity index (χ1) is 18.2. The lowest BCUT2D eigenvalue weighted by atomic mass is 10.0. The molecule has 6 fully saturated rings. The molecule has 2 aromatic rings. The first-order valence-electron chi connectivity index (χ1n) is 11.5. The standard InChI is InChI=1S/C24H24N4O6S4/c29-13-23-19(33)25-21(17(31)27-23,11-15-7-3-1-4-8-15)35-37-24(14-30)20(34)26-22(36-38-23,18(32)28-24)12-16-9-5-2-6-10-16/h1-10,29-30H,11-14H2,(H,25,33)(H,26,34)(H,27,31)(H,28,32)/t21-,22-,23-,24-/m0/s1. The highest BCUT2D eigenvalue weighted by Crippen LogP contribution is 2.52. The highest BCUT2D eigenvalue weighted by atomic mass is 33.1. The lowest BCUT2D eigenvalue weighted by Gasteiger charge is -2.49. The van der Waals surface area contributed by atoms with Crippen molar-refractivity contribution >= 4 is 66.8 Å². The fourth-order valence-electron chi connectivity index (χ4n) is 4.23. The van der Waals surface area contributed by atoms with Crippen LogP contribution in [0.2, 0.25) is 0 Å². The summed E-state index contributed by atoms with van der Waals surface area (Å²) in [4.78, 5) is 47.7. The van der Waals surface area contributed by atoms with Gasteiger partial charge in [0, 0.05) is 12.8 Å². The van der Waals surface area contributed by atoms with Gasteiger partial charge >= 0.3 is 0 Å². The summed E-state index contributed by atoms with van der Waals surface area (Å²) >= 11 is 0. The van der Waals surface area contributed by atoms with Gasteiger partial charge in [-0.2, -0.15) is 0 Å². The molecule has 8 rings (SSSR count). The van der Waals surface area contributed by atoms with Crippen molar-refractivity contribution in [2.45, 2.75) is 32.3 Å². The molecule has 10 nitrogen and oxygen atoms in total. The number of hydrogen-bond acceptors (Lipinski definition) is 10. The molecule has 38 heavy (non-hydrogen) atoms. The second-order valence-electron chi connectivity index (χ2n) is 9.10. The second-order valence-corrected chi connectivity index (χ2v) is 14.6. The smallest absolute Gasteiger partial charge is 0.261 e. The van der Waals surface area contributed by atoms with Gasteiger partial charge in [-0.15, -0.1) is 0 Å². The van der Waals surface area contributed by atoms with Gasteiger partial charge < -0.3 is 31.5 Å². The van der Waals surface area contributed by atoms with E-state index in [2.05, 4.69) is 21.3 Å². The number of piperazine rings is 2. The molecule has 4 amide bonds. The van der Waals surface area contributed by atoms with Crippen LogP contribution in [0, 0.1) is 0 Å². The Bertz CT molecular complexity index is 1180. The molecule has 0 aromatic heterocycles. The normalized spacial score (nSPS) is 32.9. The minimum absolute atomic E-state index is 0.0530. The quantitative estimate of drug-likeness (QED) is 0.261. The van der Waals surface area contributed by atoms with Crippen molar-refractivity contribution in [1.82, 2.24) is 21.3 Å². The van der Waals surface area contributed by atoms with E-state index in [4.69, 9.17) is 0 Å². The lowest BCUT2D eigenvalue weighted by Crippen LogP contribution is -2.77. The number of nitrogens with one attached hydrogen (secondary N) is 4. The number of aliphatic hydroxyl groups is 2. The van der Waals surface area contributed by atoms with E-state index in [0.717, 1.165) is 54.3 Å². The van der Waals surface area contributed by atoms with Crippen LogP contribution in [0.5, 0.6) is 0 Å². The Kier molecular flexibility index (Phi) is 7.39. The second kappa shape index (κ2) is 10.3. The lowest BCUT2D eigenvalue weighted by molar-refractivity contribution is -0.140. The summed E-state index contributed by atoms with van der Waals surface area (Å²) in [6.45, 7) is -1.50. The first kappa shape index (κ1) is 27.2. The predicted octanol–water partition coefficient (Wildman–Crippen LogP) is 0.510. The maximum atomic E-state index is 13.7. The van der Waals surface area contributed by atoms with Crippen molar-refractivity contribution in [3.8, 4) is 0 Å². The van der Waals surface area contributed by atoms with E-state index < -0.39 is 56.3 Å². The van der Waals surface area contributed by atoms with E-state index in [-0.39, 0.29) is 12.8 Å². The van der Waals surface area contributed by atoms with Crippen LogP contribution in [0.1, 0.15) is 11.1 Å². The summed E-state index contributed by atoms with van der Waals surface area (Å²) in [6, 6.07) is 18.0. The molecular formula is C24H24N4O6S4. The number of carbonyl (C=O) groups excluding carboxylic acids is 4. The molecule has 0 aliphatic carbocycles. The monoisotopic (exact) mass is 592 g/mol. The Labute approximate surface area is 234 Å². The highest BCUT2D eigenvalue weighted by Gasteiger charge is 2.62. The van der Waals surface area contributed by atoms with Crippen LogP contribution in [0.4, 0.5) is 0 Å². The van der Waals surface area contributed by atoms with Gasteiger partial charge in [-0.1, -0.05) is 104 Å². The molecule has 0 radical (unpaired) electrons. The molecule has 4 atom stereocenters. The minimum atomic E-state index is -1.81. The summed E-state index contributed by atoms with van der Waals surface area (Å²) in [7, 11) is 3.32. The Morgan fingerprint density at radius 1 is 0.500 bits per heavy atom. The zero-order valence-electron chi connectivity index (χ0n) is 19.8. The van der Waals surface area contributed by atoms with Crippen LogP contribution in [0.15, 0.2) is 60.7 Å². The van der Waals surface area contributed by atoms with E-state index in [1.807, 2.05) is 12.1 Å². The third-order valence-electron chi connectivity index (χ3n) is 6.42. The molecule has 0 unspecified atom stereocenters. The Morgan fingerprint density at radius 3 is 1.13 bits per heavy atom. The molecule has 6 saturated heterocycles. The van der Waals surface area contributed by atoms with E-state index >= 15 is 0 Å². The van der Waals surface area contributed by atoms with Gasteiger partial charge in [0.25, 0.3) is 23.6 Å². The number of hydrogen-bond donors (Lipinski definition) is 6. The molecule has 200 valence electrons. The molecule has 6 heterocycles. The van der Waals surface area contributed by atoms with E-state index in [9.17, 15) is 29.4 Å². The Hall–Kier alpha value is -2.36. The maximum absolute atomic E-state index is 13.7. The molecular weight excluding hydrogens is 569 g/mol. The zero-order chi connectivity index (χ0) is 27.0. The summed E-state index contributed by atoms with van der Waals surface area (Å²) in [5.41, 5.74) is 1.47. The van der Waals surface area contributed by atoms with Crippen LogP contribution in [0.25, 0.3) is 0 Å². The van der Waals surface area contributed by atoms with Crippen LogP contribution in [-0.4, -0.2) is 66.5 Å². The molecule has 0 spiro atoms. The van der Waals surface area contributed by atoms with Crippen molar-refractivity contribution in [1.29, 1.82) is 0 Å². The van der Waals surface area contributed by atoms with Gasteiger partial charge in [-0.25, -0.2) is 0 Å². The zero-order valence-corrected chi connectivity index (χ0v) is 23.0.